The summed E-state index contributed by atoms with van der Waals surface area (Å²) in [6.07, 6.45) is -0.786. The van der Waals surface area contributed by atoms with Crippen molar-refractivity contribution in [2.45, 2.75) is 25.6 Å². The molecule has 0 fully saturated rings. The van der Waals surface area contributed by atoms with Gasteiger partial charge in [0.25, 0.3) is 5.91 Å². The summed E-state index contributed by atoms with van der Waals surface area (Å²) < 4.78 is 45.0. The monoisotopic (exact) mass is 481 g/mol. The van der Waals surface area contributed by atoms with Crippen molar-refractivity contribution < 1.29 is 27.5 Å². The minimum Gasteiger partial charge on any atom is -0.465 e. The Morgan fingerprint density at radius 3 is 2.37 bits per heavy atom. The highest BCUT2D eigenvalue weighted by molar-refractivity contribution is 6.00. The summed E-state index contributed by atoms with van der Waals surface area (Å²) in [5.74, 6) is -0.838. The zero-order valence-electron chi connectivity index (χ0n) is 19.0. The molecule has 2 aromatic heterocycles. The molecule has 1 unspecified atom stereocenters. The van der Waals surface area contributed by atoms with Crippen LogP contribution in [0.3, 0.4) is 0 Å². The number of carbonyl (C=O) groups is 2. The van der Waals surface area contributed by atoms with Gasteiger partial charge in [0, 0.05) is 6.20 Å². The predicted molar refractivity (Wildman–Crippen MR) is 123 cm³/mol. The number of imidazole rings is 1. The highest BCUT2D eigenvalue weighted by Crippen LogP contribution is 2.30. The van der Waals surface area contributed by atoms with E-state index in [4.69, 9.17) is 4.74 Å². The summed E-state index contributed by atoms with van der Waals surface area (Å²) in [6, 6.07) is 14.9. The van der Waals surface area contributed by atoms with Crippen LogP contribution in [-0.4, -0.2) is 28.4 Å². The summed E-state index contributed by atoms with van der Waals surface area (Å²) in [5.41, 5.74) is 2.71. The number of aromatic nitrogens is 2. The molecule has 0 spiro atoms. The molecule has 0 radical (unpaired) electrons. The van der Waals surface area contributed by atoms with Gasteiger partial charge in [-0.1, -0.05) is 30.3 Å². The molecule has 4 rings (SSSR count). The molecule has 0 aliphatic rings. The average Bonchev–Trinajstić information content (AvgIpc) is 3.29. The number of benzene rings is 2. The second kappa shape index (κ2) is 9.61. The van der Waals surface area contributed by atoms with Gasteiger partial charge >= 0.3 is 12.1 Å². The molecule has 1 amide bonds. The fourth-order valence-corrected chi connectivity index (χ4v) is 3.84. The number of fused-ring (bicyclic) bond motifs is 1. The van der Waals surface area contributed by atoms with Crippen molar-refractivity contribution in [2.75, 3.05) is 7.11 Å². The van der Waals surface area contributed by atoms with Gasteiger partial charge in [-0.2, -0.15) is 13.2 Å². The van der Waals surface area contributed by atoms with Crippen LogP contribution in [0.5, 0.6) is 0 Å². The van der Waals surface area contributed by atoms with Crippen molar-refractivity contribution in [1.82, 2.24) is 14.7 Å². The van der Waals surface area contributed by atoms with E-state index in [1.54, 1.807) is 40.9 Å². The largest absolute Gasteiger partial charge is 0.465 e. The van der Waals surface area contributed by atoms with Gasteiger partial charge in [-0.25, -0.2) is 9.78 Å². The van der Waals surface area contributed by atoms with E-state index in [2.05, 4.69) is 10.3 Å². The summed E-state index contributed by atoms with van der Waals surface area (Å²) >= 11 is 0. The number of halogens is 3. The number of rotatable bonds is 6. The Bertz CT molecular complexity index is 1360. The lowest BCUT2D eigenvalue weighted by Gasteiger charge is -2.15. The Labute approximate surface area is 199 Å². The third-order valence-corrected chi connectivity index (χ3v) is 5.71. The van der Waals surface area contributed by atoms with Gasteiger partial charge in [-0.3, -0.25) is 4.79 Å². The smallest absolute Gasteiger partial charge is 0.416 e. The normalized spacial score (nSPS) is 12.4. The van der Waals surface area contributed by atoms with E-state index >= 15 is 0 Å². The molecule has 0 bridgehead atoms. The van der Waals surface area contributed by atoms with Crippen LogP contribution in [0.15, 0.2) is 73.2 Å². The van der Waals surface area contributed by atoms with Crippen molar-refractivity contribution in [1.29, 1.82) is 0 Å². The first-order valence-corrected chi connectivity index (χ1v) is 10.8. The molecule has 180 valence electrons. The van der Waals surface area contributed by atoms with Crippen LogP contribution in [0.2, 0.25) is 0 Å². The van der Waals surface area contributed by atoms with Gasteiger partial charge in [0.15, 0.2) is 5.69 Å². The number of pyridine rings is 1. The Morgan fingerprint density at radius 2 is 1.74 bits per heavy atom. The molecule has 2 heterocycles. The number of esters is 1. The topological polar surface area (TPSA) is 72.7 Å². The Hall–Kier alpha value is -4.14. The minimum absolute atomic E-state index is 0.213. The predicted octanol–water partition coefficient (Wildman–Crippen LogP) is 5.22. The molecular formula is C26H22F3N3O3. The maximum atomic E-state index is 13.1. The number of carbonyl (C=O) groups excluding carboxylic acids is 2. The zero-order chi connectivity index (χ0) is 25.2. The highest BCUT2D eigenvalue weighted by atomic mass is 19.4. The van der Waals surface area contributed by atoms with Crippen molar-refractivity contribution in [3.8, 4) is 0 Å². The first kappa shape index (κ1) is 24.0. The van der Waals surface area contributed by atoms with Crippen molar-refractivity contribution in [3.05, 3.63) is 107 Å². The highest BCUT2D eigenvalue weighted by Gasteiger charge is 2.30. The molecule has 35 heavy (non-hydrogen) atoms. The number of hydrogen-bond donors (Lipinski definition) is 1. The number of hydrogen-bond acceptors (Lipinski definition) is 4. The fourth-order valence-electron chi connectivity index (χ4n) is 3.84. The summed E-state index contributed by atoms with van der Waals surface area (Å²) in [4.78, 5) is 29.0. The quantitative estimate of drug-likeness (QED) is 0.383. The van der Waals surface area contributed by atoms with Gasteiger partial charge in [0.05, 0.1) is 29.8 Å². The first-order valence-electron chi connectivity index (χ1n) is 10.8. The Morgan fingerprint density at radius 1 is 1.06 bits per heavy atom. The molecule has 0 aliphatic carbocycles. The number of nitrogens with zero attached hydrogens (tertiary/aromatic N) is 2. The third kappa shape index (κ3) is 5.18. The second-order valence-corrected chi connectivity index (χ2v) is 8.06. The van der Waals surface area contributed by atoms with Crippen LogP contribution in [0.4, 0.5) is 13.2 Å². The standard InChI is InChI=1S/C26H22F3N3O3/c1-16(18-7-9-19(10-8-18)25(34)35-2)31-24(33)22-23-20(4-3-13-32(23)15-30-22)14-17-5-11-21(12-6-17)26(27,28)29/h3-13,15-16H,14H2,1-2H3,(H,31,33). The van der Waals surface area contributed by atoms with Gasteiger partial charge in [-0.15, -0.1) is 0 Å². The zero-order valence-corrected chi connectivity index (χ0v) is 19.0. The van der Waals surface area contributed by atoms with E-state index in [1.165, 1.54) is 25.6 Å². The van der Waals surface area contributed by atoms with Gasteiger partial charge in [0.1, 0.15) is 6.33 Å². The molecule has 9 heteroatoms. The molecule has 1 atom stereocenters. The maximum absolute atomic E-state index is 13.1. The van der Waals surface area contributed by atoms with Crippen LogP contribution >= 0.6 is 0 Å². The average molecular weight is 481 g/mol. The van der Waals surface area contributed by atoms with Gasteiger partial charge in [0.2, 0.25) is 0 Å². The van der Waals surface area contributed by atoms with E-state index in [0.717, 1.165) is 23.3 Å². The molecule has 2 aromatic carbocycles. The van der Waals surface area contributed by atoms with Crippen LogP contribution in [0.25, 0.3) is 5.52 Å². The SMILES string of the molecule is COC(=O)c1ccc(C(C)NC(=O)c2ncn3cccc(Cc4ccc(C(F)(F)F)cc4)c23)cc1. The lowest BCUT2D eigenvalue weighted by atomic mass is 10.0. The Kier molecular flexibility index (Phi) is 6.59. The van der Waals surface area contributed by atoms with E-state index in [9.17, 15) is 22.8 Å². The van der Waals surface area contributed by atoms with Crippen molar-refractivity contribution in [3.63, 3.8) is 0 Å². The number of methoxy groups -OCH3 is 1. The second-order valence-electron chi connectivity index (χ2n) is 8.06. The molecule has 1 N–H and O–H groups in total. The van der Waals surface area contributed by atoms with E-state index in [1.807, 2.05) is 13.0 Å². The fraction of sp³-hybridized carbons (Fsp3) is 0.192. The lowest BCUT2D eigenvalue weighted by Crippen LogP contribution is -2.27. The molecule has 0 saturated heterocycles. The maximum Gasteiger partial charge on any atom is 0.416 e. The third-order valence-electron chi connectivity index (χ3n) is 5.71. The van der Waals surface area contributed by atoms with E-state index < -0.39 is 23.6 Å². The Balaban J connectivity index is 1.56. The first-order chi connectivity index (χ1) is 16.7. The number of alkyl halides is 3. The van der Waals surface area contributed by atoms with Gasteiger partial charge < -0.3 is 14.5 Å². The summed E-state index contributed by atoms with van der Waals surface area (Å²) in [5, 5.41) is 2.91. The lowest BCUT2D eigenvalue weighted by molar-refractivity contribution is -0.137. The number of amides is 1. The van der Waals surface area contributed by atoms with Crippen LogP contribution in [0, 0.1) is 0 Å². The van der Waals surface area contributed by atoms with Crippen LogP contribution in [0.1, 0.15) is 56.1 Å². The summed E-state index contributed by atoms with van der Waals surface area (Å²) in [7, 11) is 1.31. The summed E-state index contributed by atoms with van der Waals surface area (Å²) in [6.45, 7) is 1.81. The number of ether oxygens (including phenoxy) is 1. The van der Waals surface area contributed by atoms with Crippen molar-refractivity contribution >= 4 is 17.4 Å². The molecule has 0 aliphatic heterocycles. The minimum atomic E-state index is -4.40. The van der Waals surface area contributed by atoms with E-state index in [-0.39, 0.29) is 11.7 Å². The molecule has 4 aromatic rings. The van der Waals surface area contributed by atoms with Crippen LogP contribution in [-0.2, 0) is 17.3 Å². The van der Waals surface area contributed by atoms with Crippen LogP contribution < -0.4 is 5.32 Å². The van der Waals surface area contributed by atoms with E-state index in [0.29, 0.717) is 23.1 Å². The molecule has 0 saturated carbocycles. The number of nitrogens with one attached hydrogen (secondary N) is 1. The molecule has 6 nitrogen and oxygen atoms in total. The van der Waals surface area contributed by atoms with Crippen molar-refractivity contribution in [2.24, 2.45) is 0 Å². The van der Waals surface area contributed by atoms with Gasteiger partial charge in [-0.05, 0) is 60.4 Å². The molecular weight excluding hydrogens is 459 g/mol.